The molecule has 1 aromatic heterocycles. The highest BCUT2D eigenvalue weighted by Crippen LogP contribution is 2.31. The highest BCUT2D eigenvalue weighted by Gasteiger charge is 2.23. The standard InChI is InChI=1S/C22H27N3O3S2/c1-2-15-28-18-7-9-19(10-8-18)30(26,27)23-16-17-11-13-25(14-12-17)22-24-20-5-3-4-6-21(20)29-22/h3-10,17,23H,2,11-16H2,1H3. The fraction of sp³-hybridized carbons (Fsp3) is 0.409. The second-order valence-corrected chi connectivity index (χ2v) is 10.3. The number of sulfonamides is 1. The Bertz CT molecular complexity index is 1040. The lowest BCUT2D eigenvalue weighted by molar-refractivity contribution is 0.317. The summed E-state index contributed by atoms with van der Waals surface area (Å²) in [5.74, 6) is 1.02. The lowest BCUT2D eigenvalue weighted by Crippen LogP contribution is -2.38. The summed E-state index contributed by atoms with van der Waals surface area (Å²) in [5.41, 5.74) is 1.04. The second-order valence-electron chi connectivity index (χ2n) is 7.57. The van der Waals surface area contributed by atoms with E-state index in [0.717, 1.165) is 43.0 Å². The molecular formula is C22H27N3O3S2. The number of para-hydroxylation sites is 1. The number of fused-ring (bicyclic) bond motifs is 1. The number of nitrogens with one attached hydrogen (secondary N) is 1. The molecule has 160 valence electrons. The van der Waals surface area contributed by atoms with Crippen LogP contribution >= 0.6 is 11.3 Å². The molecule has 6 nitrogen and oxygen atoms in total. The average Bonchev–Trinajstić information content (AvgIpc) is 3.21. The van der Waals surface area contributed by atoms with Crippen molar-refractivity contribution >= 4 is 36.7 Å². The zero-order valence-corrected chi connectivity index (χ0v) is 18.7. The van der Waals surface area contributed by atoms with Crippen molar-refractivity contribution in [3.05, 3.63) is 48.5 Å². The van der Waals surface area contributed by atoms with E-state index in [1.165, 1.54) is 4.70 Å². The molecule has 0 spiro atoms. The van der Waals surface area contributed by atoms with Crippen molar-refractivity contribution < 1.29 is 13.2 Å². The van der Waals surface area contributed by atoms with Crippen LogP contribution in [0.3, 0.4) is 0 Å². The molecule has 2 aromatic carbocycles. The minimum absolute atomic E-state index is 0.276. The minimum Gasteiger partial charge on any atom is -0.494 e. The SMILES string of the molecule is CCCOc1ccc(S(=O)(=O)NCC2CCN(c3nc4ccccc4s3)CC2)cc1. The molecule has 8 heteroatoms. The number of anilines is 1. The molecule has 1 N–H and O–H groups in total. The van der Waals surface area contributed by atoms with Gasteiger partial charge in [0.1, 0.15) is 5.75 Å². The normalized spacial score (nSPS) is 15.6. The van der Waals surface area contributed by atoms with Gasteiger partial charge in [0, 0.05) is 19.6 Å². The predicted octanol–water partition coefficient (Wildman–Crippen LogP) is 4.28. The van der Waals surface area contributed by atoms with E-state index in [2.05, 4.69) is 15.7 Å². The van der Waals surface area contributed by atoms with Gasteiger partial charge in [-0.1, -0.05) is 30.4 Å². The van der Waals surface area contributed by atoms with E-state index in [9.17, 15) is 8.42 Å². The summed E-state index contributed by atoms with van der Waals surface area (Å²) in [6, 6.07) is 14.8. The molecule has 0 bridgehead atoms. The largest absolute Gasteiger partial charge is 0.494 e. The Hall–Kier alpha value is -2.16. The molecule has 0 amide bonds. The first-order valence-electron chi connectivity index (χ1n) is 10.4. The molecule has 1 aliphatic rings. The molecule has 3 aromatic rings. The van der Waals surface area contributed by atoms with Crippen molar-refractivity contribution in [1.82, 2.24) is 9.71 Å². The smallest absolute Gasteiger partial charge is 0.240 e. The number of nitrogens with zero attached hydrogens (tertiary/aromatic N) is 2. The zero-order valence-electron chi connectivity index (χ0n) is 17.1. The molecule has 0 unspecified atom stereocenters. The number of thiazole rings is 1. The first kappa shape index (κ1) is 21.1. The highest BCUT2D eigenvalue weighted by atomic mass is 32.2. The third kappa shape index (κ3) is 4.94. The Morgan fingerprint density at radius 3 is 2.57 bits per heavy atom. The maximum Gasteiger partial charge on any atom is 0.240 e. The lowest BCUT2D eigenvalue weighted by atomic mass is 9.97. The van der Waals surface area contributed by atoms with E-state index < -0.39 is 10.0 Å². The lowest BCUT2D eigenvalue weighted by Gasteiger charge is -2.31. The number of piperidine rings is 1. The molecule has 0 aliphatic carbocycles. The first-order valence-corrected chi connectivity index (χ1v) is 12.7. The summed E-state index contributed by atoms with van der Waals surface area (Å²) in [6.07, 6.45) is 2.81. The fourth-order valence-corrected chi connectivity index (χ4v) is 5.70. The van der Waals surface area contributed by atoms with Crippen molar-refractivity contribution in [2.24, 2.45) is 5.92 Å². The molecule has 0 atom stereocenters. The Morgan fingerprint density at radius 2 is 1.87 bits per heavy atom. The number of benzene rings is 2. The number of ether oxygens (including phenoxy) is 1. The van der Waals surface area contributed by atoms with Crippen LogP contribution in [-0.2, 0) is 10.0 Å². The van der Waals surface area contributed by atoms with Crippen LogP contribution in [0.2, 0.25) is 0 Å². The van der Waals surface area contributed by atoms with Crippen molar-refractivity contribution in [3.63, 3.8) is 0 Å². The predicted molar refractivity (Wildman–Crippen MR) is 122 cm³/mol. The van der Waals surface area contributed by atoms with Gasteiger partial charge in [-0.25, -0.2) is 18.1 Å². The summed E-state index contributed by atoms with van der Waals surface area (Å²) >= 11 is 1.72. The maximum atomic E-state index is 12.6. The Morgan fingerprint density at radius 1 is 1.13 bits per heavy atom. The van der Waals surface area contributed by atoms with Gasteiger partial charge in [0.2, 0.25) is 10.0 Å². The van der Waals surface area contributed by atoms with Gasteiger partial charge in [0.25, 0.3) is 0 Å². The Balaban J connectivity index is 1.29. The molecule has 2 heterocycles. The van der Waals surface area contributed by atoms with Crippen LogP contribution in [0.15, 0.2) is 53.4 Å². The van der Waals surface area contributed by atoms with E-state index in [1.807, 2.05) is 25.1 Å². The minimum atomic E-state index is -3.51. The Kier molecular flexibility index (Phi) is 6.55. The van der Waals surface area contributed by atoms with Crippen LogP contribution in [0.25, 0.3) is 10.2 Å². The second kappa shape index (κ2) is 9.32. The molecule has 0 saturated carbocycles. The summed E-state index contributed by atoms with van der Waals surface area (Å²) < 4.78 is 34.7. The van der Waals surface area contributed by atoms with Crippen LogP contribution in [0, 0.1) is 5.92 Å². The van der Waals surface area contributed by atoms with E-state index in [-0.39, 0.29) is 4.90 Å². The highest BCUT2D eigenvalue weighted by molar-refractivity contribution is 7.89. The van der Waals surface area contributed by atoms with E-state index in [0.29, 0.717) is 24.8 Å². The molecule has 30 heavy (non-hydrogen) atoms. The fourth-order valence-electron chi connectivity index (χ4n) is 3.57. The Labute approximate surface area is 181 Å². The van der Waals surface area contributed by atoms with E-state index in [4.69, 9.17) is 9.72 Å². The van der Waals surface area contributed by atoms with E-state index >= 15 is 0 Å². The molecule has 4 rings (SSSR count). The van der Waals surface area contributed by atoms with Crippen LogP contribution < -0.4 is 14.4 Å². The topological polar surface area (TPSA) is 71.5 Å². The molecule has 1 saturated heterocycles. The average molecular weight is 446 g/mol. The summed E-state index contributed by atoms with van der Waals surface area (Å²) in [7, 11) is -3.51. The van der Waals surface area contributed by atoms with Crippen molar-refractivity contribution in [2.45, 2.75) is 31.1 Å². The first-order chi connectivity index (χ1) is 14.5. The van der Waals surface area contributed by atoms with Crippen LogP contribution in [0.5, 0.6) is 5.75 Å². The third-order valence-corrected chi connectivity index (χ3v) is 7.87. The third-order valence-electron chi connectivity index (χ3n) is 5.34. The number of rotatable bonds is 8. The van der Waals surface area contributed by atoms with Gasteiger partial charge < -0.3 is 9.64 Å². The monoisotopic (exact) mass is 445 g/mol. The number of hydrogen-bond donors (Lipinski definition) is 1. The van der Waals surface area contributed by atoms with Crippen molar-refractivity contribution in [3.8, 4) is 5.75 Å². The summed E-state index contributed by atoms with van der Waals surface area (Å²) in [6.45, 7) is 4.92. The van der Waals surface area contributed by atoms with Crippen LogP contribution in [0.1, 0.15) is 26.2 Å². The van der Waals surface area contributed by atoms with Gasteiger partial charge in [-0.3, -0.25) is 0 Å². The van der Waals surface area contributed by atoms with Gasteiger partial charge in [0.15, 0.2) is 5.13 Å². The zero-order chi connectivity index (χ0) is 21.0. The maximum absolute atomic E-state index is 12.6. The molecule has 1 aliphatic heterocycles. The molecular weight excluding hydrogens is 418 g/mol. The summed E-state index contributed by atoms with van der Waals surface area (Å²) in [4.78, 5) is 7.32. The summed E-state index contributed by atoms with van der Waals surface area (Å²) in [5, 5.41) is 1.06. The van der Waals surface area contributed by atoms with Crippen molar-refractivity contribution in [2.75, 3.05) is 31.1 Å². The van der Waals surface area contributed by atoms with Gasteiger partial charge in [0.05, 0.1) is 21.7 Å². The van der Waals surface area contributed by atoms with Gasteiger partial charge in [-0.2, -0.15) is 0 Å². The molecule has 1 fully saturated rings. The quantitative estimate of drug-likeness (QED) is 0.560. The number of aromatic nitrogens is 1. The molecule has 0 radical (unpaired) electrons. The van der Waals surface area contributed by atoms with Gasteiger partial charge in [-0.05, 0) is 61.6 Å². The number of hydrogen-bond acceptors (Lipinski definition) is 6. The van der Waals surface area contributed by atoms with E-state index in [1.54, 1.807) is 35.6 Å². The van der Waals surface area contributed by atoms with Crippen LogP contribution in [0.4, 0.5) is 5.13 Å². The van der Waals surface area contributed by atoms with Crippen LogP contribution in [-0.4, -0.2) is 39.6 Å². The van der Waals surface area contributed by atoms with Gasteiger partial charge >= 0.3 is 0 Å². The van der Waals surface area contributed by atoms with Crippen molar-refractivity contribution in [1.29, 1.82) is 0 Å². The van der Waals surface area contributed by atoms with Gasteiger partial charge in [-0.15, -0.1) is 0 Å².